The van der Waals surface area contributed by atoms with Crippen molar-refractivity contribution in [2.24, 2.45) is 5.92 Å². The second-order valence-electron chi connectivity index (χ2n) is 5.36. The molecule has 110 valence electrons. The zero-order valence-electron chi connectivity index (χ0n) is 11.6. The van der Waals surface area contributed by atoms with Crippen LogP contribution in [0.2, 0.25) is 0 Å². The number of rotatable bonds is 5. The monoisotopic (exact) mass is 319 g/mol. The normalized spacial score (nSPS) is 20.5. The molecule has 1 aliphatic heterocycles. The summed E-state index contributed by atoms with van der Waals surface area (Å²) in [5, 5.41) is 2.61. The van der Waals surface area contributed by atoms with E-state index in [1.165, 1.54) is 31.0 Å². The van der Waals surface area contributed by atoms with Gasteiger partial charge in [0.05, 0.1) is 11.5 Å². The number of carbonyl (C=O) groups is 1. The quantitative estimate of drug-likeness (QED) is 0.663. The Hall–Kier alpha value is -1.33. The Labute approximate surface area is 134 Å². The molecule has 2 fully saturated rings. The number of benzene rings is 1. The molecule has 1 heterocycles. The van der Waals surface area contributed by atoms with Crippen LogP contribution in [0.15, 0.2) is 29.2 Å². The molecule has 21 heavy (non-hydrogen) atoms. The molecule has 3 rings (SSSR count). The van der Waals surface area contributed by atoms with E-state index in [-0.39, 0.29) is 5.91 Å². The zero-order chi connectivity index (χ0) is 14.7. The lowest BCUT2D eigenvalue weighted by atomic mass is 9.83. The molecule has 1 aliphatic carbocycles. The number of amides is 1. The Morgan fingerprint density at radius 3 is 2.67 bits per heavy atom. The lowest BCUT2D eigenvalue weighted by molar-refractivity contribution is -0.115. The summed E-state index contributed by atoms with van der Waals surface area (Å²) in [6.45, 7) is 0.789. The van der Waals surface area contributed by atoms with Gasteiger partial charge in [0.1, 0.15) is 10.1 Å². The third kappa shape index (κ3) is 3.86. The van der Waals surface area contributed by atoms with Crippen LogP contribution in [-0.2, 0) is 4.79 Å². The van der Waals surface area contributed by atoms with Crippen LogP contribution in [0.5, 0.6) is 5.75 Å². The van der Waals surface area contributed by atoms with Crippen molar-refractivity contribution in [3.05, 3.63) is 34.7 Å². The van der Waals surface area contributed by atoms with E-state index in [9.17, 15) is 4.79 Å². The van der Waals surface area contributed by atoms with Crippen molar-refractivity contribution in [2.75, 3.05) is 6.61 Å². The third-order valence-electron chi connectivity index (χ3n) is 3.84. The van der Waals surface area contributed by atoms with Crippen LogP contribution in [-0.4, -0.2) is 16.8 Å². The maximum Gasteiger partial charge on any atom is 0.263 e. The molecule has 0 spiro atoms. The van der Waals surface area contributed by atoms with Gasteiger partial charge < -0.3 is 10.1 Å². The van der Waals surface area contributed by atoms with Crippen LogP contribution in [0.25, 0.3) is 6.08 Å². The first-order chi connectivity index (χ1) is 10.2. The first-order valence-electron chi connectivity index (χ1n) is 7.18. The molecule has 0 atom stereocenters. The summed E-state index contributed by atoms with van der Waals surface area (Å²) in [7, 11) is 0. The van der Waals surface area contributed by atoms with Crippen molar-refractivity contribution in [1.29, 1.82) is 0 Å². The summed E-state index contributed by atoms with van der Waals surface area (Å²) in [5.41, 5.74) is 0.976. The minimum absolute atomic E-state index is 0.120. The first kappa shape index (κ1) is 14.6. The zero-order valence-corrected chi connectivity index (χ0v) is 13.3. The molecule has 1 saturated heterocycles. The maximum absolute atomic E-state index is 11.6. The smallest absolute Gasteiger partial charge is 0.263 e. The largest absolute Gasteiger partial charge is 0.494 e. The highest BCUT2D eigenvalue weighted by Gasteiger charge is 2.21. The minimum Gasteiger partial charge on any atom is -0.494 e. The van der Waals surface area contributed by atoms with Crippen molar-refractivity contribution in [3.63, 3.8) is 0 Å². The lowest BCUT2D eigenvalue weighted by Gasteiger charge is -2.24. The van der Waals surface area contributed by atoms with E-state index >= 15 is 0 Å². The van der Waals surface area contributed by atoms with E-state index in [2.05, 4.69) is 5.32 Å². The second-order valence-corrected chi connectivity index (χ2v) is 7.07. The predicted octanol–water partition coefficient (Wildman–Crippen LogP) is 3.74. The Kier molecular flexibility index (Phi) is 4.60. The molecule has 5 heteroatoms. The number of nitrogens with one attached hydrogen (secondary N) is 1. The maximum atomic E-state index is 11.6. The molecule has 1 aromatic rings. The van der Waals surface area contributed by atoms with Gasteiger partial charge in [0, 0.05) is 0 Å². The van der Waals surface area contributed by atoms with Gasteiger partial charge in [0.2, 0.25) is 0 Å². The van der Waals surface area contributed by atoms with Gasteiger partial charge in [0.25, 0.3) is 5.91 Å². The number of hydrogen-bond acceptors (Lipinski definition) is 4. The fourth-order valence-electron chi connectivity index (χ4n) is 2.36. The van der Waals surface area contributed by atoms with Crippen LogP contribution in [0, 0.1) is 5.92 Å². The van der Waals surface area contributed by atoms with Crippen LogP contribution in [0.1, 0.15) is 31.2 Å². The fraction of sp³-hybridized carbons (Fsp3) is 0.375. The van der Waals surface area contributed by atoms with E-state index in [1.807, 2.05) is 30.3 Å². The first-order valence-corrected chi connectivity index (χ1v) is 8.41. The highest BCUT2D eigenvalue weighted by Crippen LogP contribution is 2.29. The van der Waals surface area contributed by atoms with E-state index in [4.69, 9.17) is 17.0 Å². The molecule has 1 amide bonds. The van der Waals surface area contributed by atoms with Gasteiger partial charge in [0.15, 0.2) is 0 Å². The molecular formula is C16H17NO2S2. The predicted molar refractivity (Wildman–Crippen MR) is 90.2 cm³/mol. The van der Waals surface area contributed by atoms with E-state index in [0.717, 1.165) is 30.3 Å². The van der Waals surface area contributed by atoms with Gasteiger partial charge in [-0.15, -0.1) is 0 Å². The van der Waals surface area contributed by atoms with E-state index in [1.54, 1.807) is 0 Å². The van der Waals surface area contributed by atoms with Gasteiger partial charge in [-0.25, -0.2) is 0 Å². The molecule has 1 saturated carbocycles. The second kappa shape index (κ2) is 6.62. The van der Waals surface area contributed by atoms with Gasteiger partial charge in [-0.1, -0.05) is 55.4 Å². The minimum atomic E-state index is -0.120. The Morgan fingerprint density at radius 1 is 1.33 bits per heavy atom. The summed E-state index contributed by atoms with van der Waals surface area (Å²) in [5.74, 6) is 1.64. The molecule has 0 aromatic heterocycles. The molecule has 0 bridgehead atoms. The summed E-state index contributed by atoms with van der Waals surface area (Å²) >= 11 is 6.26. The Balaban J connectivity index is 1.55. The van der Waals surface area contributed by atoms with E-state index in [0.29, 0.717) is 9.23 Å². The van der Waals surface area contributed by atoms with Crippen LogP contribution in [0.3, 0.4) is 0 Å². The Bertz CT molecular complexity index is 576. The van der Waals surface area contributed by atoms with Crippen molar-refractivity contribution < 1.29 is 9.53 Å². The average molecular weight is 319 g/mol. The fourth-order valence-corrected chi connectivity index (χ4v) is 3.40. The Morgan fingerprint density at radius 2 is 2.10 bits per heavy atom. The van der Waals surface area contributed by atoms with Crippen LogP contribution >= 0.6 is 24.0 Å². The summed E-state index contributed by atoms with van der Waals surface area (Å²) < 4.78 is 6.27. The van der Waals surface area contributed by atoms with Gasteiger partial charge in [-0.2, -0.15) is 0 Å². The van der Waals surface area contributed by atoms with Gasteiger partial charge in [-0.05, 0) is 36.1 Å². The van der Waals surface area contributed by atoms with Crippen molar-refractivity contribution in [1.82, 2.24) is 5.32 Å². The van der Waals surface area contributed by atoms with Crippen LogP contribution < -0.4 is 10.1 Å². The molecule has 2 aliphatic rings. The molecule has 0 unspecified atom stereocenters. The van der Waals surface area contributed by atoms with Crippen molar-refractivity contribution >= 4 is 40.3 Å². The van der Waals surface area contributed by atoms with E-state index < -0.39 is 0 Å². The third-order valence-corrected chi connectivity index (χ3v) is 5.00. The van der Waals surface area contributed by atoms with Gasteiger partial charge in [-0.3, -0.25) is 4.79 Å². The lowest BCUT2D eigenvalue weighted by Crippen LogP contribution is -2.17. The number of ether oxygens (including phenoxy) is 1. The number of thioether (sulfide) groups is 1. The average Bonchev–Trinajstić information content (AvgIpc) is 2.73. The topological polar surface area (TPSA) is 38.3 Å². The standard InChI is InChI=1S/C16H17NO2S2/c18-15-14(21-16(20)17-15)10-12-4-6-13(7-5-12)19-9-8-11-2-1-3-11/h4-7,10-11H,1-3,8-9H2,(H,17,18,20). The van der Waals surface area contributed by atoms with Crippen molar-refractivity contribution in [3.8, 4) is 5.75 Å². The SMILES string of the molecule is O=C1NC(=S)SC1=Cc1ccc(OCCC2CCC2)cc1. The molecule has 1 aromatic carbocycles. The number of thiocarbonyl (C=S) groups is 1. The van der Waals surface area contributed by atoms with Crippen LogP contribution in [0.4, 0.5) is 0 Å². The molecule has 3 nitrogen and oxygen atoms in total. The number of carbonyl (C=O) groups excluding carboxylic acids is 1. The summed E-state index contributed by atoms with van der Waals surface area (Å²) in [4.78, 5) is 12.2. The molecule has 0 radical (unpaired) electrons. The van der Waals surface area contributed by atoms with Gasteiger partial charge >= 0.3 is 0 Å². The van der Waals surface area contributed by atoms with Crippen molar-refractivity contribution in [2.45, 2.75) is 25.7 Å². The highest BCUT2D eigenvalue weighted by atomic mass is 32.2. The highest BCUT2D eigenvalue weighted by molar-refractivity contribution is 8.26. The summed E-state index contributed by atoms with van der Waals surface area (Å²) in [6, 6.07) is 7.81. The number of hydrogen-bond donors (Lipinski definition) is 1. The summed E-state index contributed by atoms with van der Waals surface area (Å²) in [6.07, 6.45) is 7.09. The molecular weight excluding hydrogens is 302 g/mol. The molecule has 1 N–H and O–H groups in total.